The Kier molecular flexibility index (Phi) is 8.50. The van der Waals surface area contributed by atoms with Gasteiger partial charge in [0.15, 0.2) is 0 Å². The molecule has 0 saturated heterocycles. The Labute approximate surface area is 162 Å². The summed E-state index contributed by atoms with van der Waals surface area (Å²) in [7, 11) is 0. The summed E-state index contributed by atoms with van der Waals surface area (Å²) in [6.45, 7) is 2.58. The Morgan fingerprint density at radius 2 is 1.88 bits per heavy atom. The van der Waals surface area contributed by atoms with E-state index in [2.05, 4.69) is 27.8 Å². The van der Waals surface area contributed by atoms with Crippen molar-refractivity contribution in [1.29, 1.82) is 0 Å². The Balaban J connectivity index is 1.64. The lowest BCUT2D eigenvalue weighted by Gasteiger charge is -2.05. The zero-order valence-corrected chi connectivity index (χ0v) is 16.3. The highest BCUT2D eigenvalue weighted by molar-refractivity contribution is 7.15. The fourth-order valence-corrected chi connectivity index (χ4v) is 3.19. The monoisotopic (exact) mass is 394 g/mol. The first-order chi connectivity index (χ1) is 12.6. The minimum atomic E-state index is -0.178. The lowest BCUT2D eigenvalue weighted by atomic mass is 10.2. The van der Waals surface area contributed by atoms with Crippen LogP contribution in [0.2, 0.25) is 5.02 Å². The number of nitrogens with one attached hydrogen (secondary N) is 2. The van der Waals surface area contributed by atoms with Crippen LogP contribution in [0.15, 0.2) is 24.3 Å². The van der Waals surface area contributed by atoms with Crippen LogP contribution < -0.4 is 10.6 Å². The Hall–Kier alpha value is -1.99. The first-order valence-corrected chi connectivity index (χ1v) is 9.94. The smallest absolute Gasteiger partial charge is 0.251 e. The van der Waals surface area contributed by atoms with Gasteiger partial charge >= 0.3 is 0 Å². The number of amides is 2. The van der Waals surface area contributed by atoms with Crippen molar-refractivity contribution < 1.29 is 9.59 Å². The highest BCUT2D eigenvalue weighted by atomic mass is 35.5. The van der Waals surface area contributed by atoms with Crippen molar-refractivity contribution in [2.75, 3.05) is 11.9 Å². The number of nitrogens with zero attached hydrogens (tertiary/aromatic N) is 2. The van der Waals surface area contributed by atoms with Gasteiger partial charge in [0.2, 0.25) is 11.0 Å². The maximum Gasteiger partial charge on any atom is 0.251 e. The number of benzene rings is 1. The molecule has 1 aromatic carbocycles. The molecule has 0 spiro atoms. The fourth-order valence-electron chi connectivity index (χ4n) is 2.27. The highest BCUT2D eigenvalue weighted by Crippen LogP contribution is 2.17. The van der Waals surface area contributed by atoms with Crippen LogP contribution in [0.25, 0.3) is 0 Å². The quantitative estimate of drug-likeness (QED) is 0.595. The van der Waals surface area contributed by atoms with Crippen molar-refractivity contribution in [3.63, 3.8) is 0 Å². The second-order valence-electron chi connectivity index (χ2n) is 5.87. The van der Waals surface area contributed by atoms with E-state index in [1.165, 1.54) is 17.8 Å². The normalized spacial score (nSPS) is 10.5. The summed E-state index contributed by atoms with van der Waals surface area (Å²) < 4.78 is 0. The molecule has 6 nitrogen and oxygen atoms in total. The van der Waals surface area contributed by atoms with Gasteiger partial charge in [0, 0.05) is 30.0 Å². The molecule has 2 aromatic rings. The molecule has 0 aliphatic heterocycles. The number of carbonyl (C=O) groups excluding carboxylic acids is 2. The number of unbranched alkanes of at least 4 members (excludes halogenated alkanes) is 2. The number of hydrogen-bond donors (Lipinski definition) is 2. The highest BCUT2D eigenvalue weighted by Gasteiger charge is 2.09. The van der Waals surface area contributed by atoms with Gasteiger partial charge in [-0.25, -0.2) is 0 Å². The molecule has 2 N–H and O–H groups in total. The van der Waals surface area contributed by atoms with Gasteiger partial charge in [-0.1, -0.05) is 42.7 Å². The topological polar surface area (TPSA) is 84.0 Å². The van der Waals surface area contributed by atoms with Crippen LogP contribution in [0.1, 0.15) is 54.4 Å². The predicted molar refractivity (Wildman–Crippen MR) is 105 cm³/mol. The zero-order valence-electron chi connectivity index (χ0n) is 14.8. The summed E-state index contributed by atoms with van der Waals surface area (Å²) in [6.07, 6.45) is 5.18. The van der Waals surface area contributed by atoms with E-state index in [0.29, 0.717) is 35.1 Å². The molecule has 140 valence electrons. The zero-order chi connectivity index (χ0) is 18.8. The molecule has 1 aromatic heterocycles. The van der Waals surface area contributed by atoms with Gasteiger partial charge < -0.3 is 10.6 Å². The van der Waals surface area contributed by atoms with Gasteiger partial charge in [0.25, 0.3) is 5.91 Å². The standard InChI is InChI=1S/C18H23ClN4O2S/c1-2-3-4-7-16-22-23-18(26-16)21-15(24)6-5-12-20-17(25)13-8-10-14(19)11-9-13/h8-11H,2-7,12H2,1H3,(H,20,25)(H,21,23,24). The van der Waals surface area contributed by atoms with Crippen molar-refractivity contribution in [3.05, 3.63) is 39.9 Å². The number of anilines is 1. The van der Waals surface area contributed by atoms with Gasteiger partial charge in [-0.2, -0.15) is 0 Å². The molecular weight excluding hydrogens is 372 g/mol. The molecule has 26 heavy (non-hydrogen) atoms. The van der Waals surface area contributed by atoms with Gasteiger partial charge in [-0.15, -0.1) is 10.2 Å². The summed E-state index contributed by atoms with van der Waals surface area (Å²) in [5, 5.41) is 15.7. The molecule has 1 heterocycles. The molecule has 0 radical (unpaired) electrons. The van der Waals surface area contributed by atoms with E-state index < -0.39 is 0 Å². The Morgan fingerprint density at radius 3 is 2.62 bits per heavy atom. The van der Waals surface area contributed by atoms with E-state index in [4.69, 9.17) is 11.6 Å². The summed E-state index contributed by atoms with van der Waals surface area (Å²) in [5.74, 6) is -0.301. The largest absolute Gasteiger partial charge is 0.352 e. The number of hydrogen-bond acceptors (Lipinski definition) is 5. The summed E-state index contributed by atoms with van der Waals surface area (Å²) in [4.78, 5) is 23.9. The number of carbonyl (C=O) groups is 2. The summed E-state index contributed by atoms with van der Waals surface area (Å²) in [6, 6.07) is 6.67. The second-order valence-corrected chi connectivity index (χ2v) is 7.37. The Bertz CT molecular complexity index is 718. The maximum atomic E-state index is 11.9. The van der Waals surface area contributed by atoms with Gasteiger partial charge in [0.1, 0.15) is 5.01 Å². The fraction of sp³-hybridized carbons (Fsp3) is 0.444. The van der Waals surface area contributed by atoms with Crippen molar-refractivity contribution in [3.8, 4) is 0 Å². The third-order valence-corrected chi connectivity index (χ3v) is 4.83. The number of aryl methyl sites for hydroxylation is 1. The van der Waals surface area contributed by atoms with E-state index in [-0.39, 0.29) is 11.8 Å². The molecule has 0 aliphatic carbocycles. The summed E-state index contributed by atoms with van der Waals surface area (Å²) in [5.41, 5.74) is 0.545. The van der Waals surface area contributed by atoms with Crippen LogP contribution in [0.5, 0.6) is 0 Å². The third-order valence-electron chi connectivity index (χ3n) is 3.68. The van der Waals surface area contributed by atoms with Gasteiger partial charge in [0.05, 0.1) is 0 Å². The van der Waals surface area contributed by atoms with Crippen LogP contribution in [-0.2, 0) is 11.2 Å². The van der Waals surface area contributed by atoms with Gasteiger partial charge in [-0.05, 0) is 37.1 Å². The molecule has 8 heteroatoms. The summed E-state index contributed by atoms with van der Waals surface area (Å²) >= 11 is 7.21. The van der Waals surface area contributed by atoms with E-state index >= 15 is 0 Å². The molecule has 0 aliphatic rings. The van der Waals surface area contributed by atoms with Crippen LogP contribution in [-0.4, -0.2) is 28.6 Å². The number of rotatable bonds is 10. The van der Waals surface area contributed by atoms with Crippen molar-refractivity contribution >= 4 is 39.9 Å². The van der Waals surface area contributed by atoms with Crippen molar-refractivity contribution in [1.82, 2.24) is 15.5 Å². The van der Waals surface area contributed by atoms with Crippen LogP contribution in [0.4, 0.5) is 5.13 Å². The molecular formula is C18H23ClN4O2S. The minimum Gasteiger partial charge on any atom is -0.352 e. The minimum absolute atomic E-state index is 0.123. The molecule has 2 rings (SSSR count). The molecule has 0 atom stereocenters. The SMILES string of the molecule is CCCCCc1nnc(NC(=O)CCCNC(=O)c2ccc(Cl)cc2)s1. The predicted octanol–water partition coefficient (Wildman–Crippen LogP) is 4.07. The molecule has 0 fully saturated rings. The van der Waals surface area contributed by atoms with Crippen LogP contribution in [0, 0.1) is 0 Å². The first-order valence-electron chi connectivity index (χ1n) is 8.74. The van der Waals surface area contributed by atoms with Crippen molar-refractivity contribution in [2.45, 2.75) is 45.4 Å². The van der Waals surface area contributed by atoms with E-state index in [9.17, 15) is 9.59 Å². The molecule has 0 unspecified atom stereocenters. The average molecular weight is 395 g/mol. The molecule has 0 bridgehead atoms. The molecule has 2 amide bonds. The average Bonchev–Trinajstić information content (AvgIpc) is 3.06. The van der Waals surface area contributed by atoms with E-state index in [0.717, 1.165) is 24.3 Å². The number of halogens is 1. The maximum absolute atomic E-state index is 11.9. The molecule has 0 saturated carbocycles. The number of aromatic nitrogens is 2. The third kappa shape index (κ3) is 7.09. The second kappa shape index (κ2) is 10.9. The Morgan fingerprint density at radius 1 is 1.12 bits per heavy atom. The van der Waals surface area contributed by atoms with E-state index in [1.807, 2.05) is 0 Å². The van der Waals surface area contributed by atoms with Crippen LogP contribution in [0.3, 0.4) is 0 Å². The lowest BCUT2D eigenvalue weighted by Crippen LogP contribution is -2.25. The van der Waals surface area contributed by atoms with Crippen molar-refractivity contribution in [2.24, 2.45) is 0 Å². The first kappa shape index (κ1) is 20.3. The van der Waals surface area contributed by atoms with Gasteiger partial charge in [-0.3, -0.25) is 9.59 Å². The van der Waals surface area contributed by atoms with E-state index in [1.54, 1.807) is 24.3 Å². The lowest BCUT2D eigenvalue weighted by molar-refractivity contribution is -0.116. The van der Waals surface area contributed by atoms with Crippen LogP contribution >= 0.6 is 22.9 Å².